The van der Waals surface area contributed by atoms with Gasteiger partial charge in [-0.2, -0.15) is 0 Å². The summed E-state index contributed by atoms with van der Waals surface area (Å²) in [7, 11) is 0. The summed E-state index contributed by atoms with van der Waals surface area (Å²) in [6.07, 6.45) is -0.721. The van der Waals surface area contributed by atoms with E-state index in [1.165, 1.54) is 0 Å². The molecule has 0 aliphatic rings. The molecule has 0 bridgehead atoms. The normalized spacial score (nSPS) is 12.1. The highest BCUT2D eigenvalue weighted by Gasteiger charge is 2.19. The van der Waals surface area contributed by atoms with Gasteiger partial charge in [0.2, 0.25) is 0 Å². The second kappa shape index (κ2) is 4.45. The van der Waals surface area contributed by atoms with E-state index in [1.807, 2.05) is 0 Å². The Labute approximate surface area is 81.6 Å². The van der Waals surface area contributed by atoms with E-state index in [9.17, 15) is 10.1 Å². The van der Waals surface area contributed by atoms with Gasteiger partial charge in [-0.1, -0.05) is 19.1 Å². The molecule has 0 aliphatic carbocycles. The average Bonchev–Trinajstić information content (AvgIpc) is 2.16. The summed E-state index contributed by atoms with van der Waals surface area (Å²) in [4.78, 5) is 10.0. The van der Waals surface area contributed by atoms with Gasteiger partial charge in [0.15, 0.2) is 0 Å². The third-order valence-corrected chi connectivity index (χ3v) is 1.77. The number of anilines is 1. The molecule has 1 rings (SSSR count). The van der Waals surface area contributed by atoms with E-state index in [0.29, 0.717) is 17.9 Å². The molecule has 0 spiro atoms. The van der Waals surface area contributed by atoms with Crippen molar-refractivity contribution in [2.75, 3.05) is 5.73 Å². The molecule has 2 N–H and O–H groups in total. The number of hydrogen-bond donors (Lipinski definition) is 1. The molecule has 1 atom stereocenters. The van der Waals surface area contributed by atoms with Crippen LogP contribution in [0.2, 0.25) is 0 Å². The molecule has 0 saturated carbocycles. The van der Waals surface area contributed by atoms with Crippen LogP contribution < -0.4 is 10.5 Å². The summed E-state index contributed by atoms with van der Waals surface area (Å²) >= 11 is 0. The summed E-state index contributed by atoms with van der Waals surface area (Å²) in [5, 5.41) is 10.5. The van der Waals surface area contributed by atoms with Crippen LogP contribution >= 0.6 is 0 Å². The van der Waals surface area contributed by atoms with Gasteiger partial charge < -0.3 is 10.5 Å². The molecule has 1 aromatic carbocycles. The van der Waals surface area contributed by atoms with Crippen LogP contribution in [0.3, 0.4) is 0 Å². The third kappa shape index (κ3) is 2.35. The lowest BCUT2D eigenvalue weighted by atomic mass is 10.3. The summed E-state index contributed by atoms with van der Waals surface area (Å²) < 4.78 is 5.13. The van der Waals surface area contributed by atoms with E-state index in [1.54, 1.807) is 31.2 Å². The van der Waals surface area contributed by atoms with Crippen molar-refractivity contribution in [2.24, 2.45) is 0 Å². The molecule has 14 heavy (non-hydrogen) atoms. The molecule has 0 radical (unpaired) electrons. The Morgan fingerprint density at radius 1 is 1.57 bits per heavy atom. The lowest BCUT2D eigenvalue weighted by Gasteiger charge is -2.11. The Morgan fingerprint density at radius 2 is 2.21 bits per heavy atom. The zero-order chi connectivity index (χ0) is 10.6. The van der Waals surface area contributed by atoms with E-state index < -0.39 is 11.2 Å². The van der Waals surface area contributed by atoms with Crippen molar-refractivity contribution in [2.45, 2.75) is 19.6 Å². The smallest absolute Gasteiger partial charge is 0.353 e. The first kappa shape index (κ1) is 10.3. The molecule has 5 nitrogen and oxygen atoms in total. The minimum Gasteiger partial charge on any atom is -0.428 e. The fourth-order valence-electron chi connectivity index (χ4n) is 1.01. The first-order valence-corrected chi connectivity index (χ1v) is 4.29. The average molecular weight is 196 g/mol. The number of para-hydroxylation sites is 2. The van der Waals surface area contributed by atoms with Crippen molar-refractivity contribution < 1.29 is 9.66 Å². The summed E-state index contributed by atoms with van der Waals surface area (Å²) in [6, 6.07) is 6.72. The SMILES string of the molecule is CCC(Oc1ccccc1N)[N+](=O)[O-]. The summed E-state index contributed by atoms with van der Waals surface area (Å²) in [6.45, 7) is 1.69. The second-order valence-corrected chi connectivity index (χ2v) is 2.80. The minimum atomic E-state index is -1.03. The van der Waals surface area contributed by atoms with Gasteiger partial charge in [0.25, 0.3) is 0 Å². The van der Waals surface area contributed by atoms with Gasteiger partial charge in [-0.05, 0) is 12.1 Å². The van der Waals surface area contributed by atoms with Crippen LogP contribution in [0.1, 0.15) is 13.3 Å². The predicted octanol–water partition coefficient (Wildman–Crippen LogP) is 1.66. The summed E-state index contributed by atoms with van der Waals surface area (Å²) in [5.74, 6) is 0.357. The van der Waals surface area contributed by atoms with Gasteiger partial charge in [0.05, 0.1) is 17.0 Å². The van der Waals surface area contributed by atoms with Crippen molar-refractivity contribution >= 4 is 5.69 Å². The standard InChI is InChI=1S/C9H12N2O3/c1-2-9(11(12)13)14-8-6-4-3-5-7(8)10/h3-6,9H,2,10H2,1H3. The van der Waals surface area contributed by atoms with E-state index in [-0.39, 0.29) is 0 Å². The van der Waals surface area contributed by atoms with Crippen molar-refractivity contribution in [3.05, 3.63) is 34.4 Å². The Hall–Kier alpha value is -1.78. The lowest BCUT2D eigenvalue weighted by molar-refractivity contribution is -0.563. The molecule has 0 amide bonds. The van der Waals surface area contributed by atoms with E-state index in [4.69, 9.17) is 10.5 Å². The highest BCUT2D eigenvalue weighted by atomic mass is 16.7. The van der Waals surface area contributed by atoms with Gasteiger partial charge in [-0.3, -0.25) is 10.1 Å². The molecule has 0 aliphatic heterocycles. The number of hydrogen-bond acceptors (Lipinski definition) is 4. The van der Waals surface area contributed by atoms with Crippen LogP contribution in [-0.2, 0) is 0 Å². The van der Waals surface area contributed by atoms with Crippen LogP contribution in [-0.4, -0.2) is 11.2 Å². The van der Waals surface area contributed by atoms with Crippen LogP contribution in [0.25, 0.3) is 0 Å². The van der Waals surface area contributed by atoms with Gasteiger partial charge in [0.1, 0.15) is 5.75 Å². The number of rotatable bonds is 4. The fraction of sp³-hybridized carbons (Fsp3) is 0.333. The van der Waals surface area contributed by atoms with Crippen molar-refractivity contribution in [1.82, 2.24) is 0 Å². The zero-order valence-electron chi connectivity index (χ0n) is 7.84. The van der Waals surface area contributed by atoms with Gasteiger partial charge >= 0.3 is 6.23 Å². The number of nitrogen functional groups attached to an aromatic ring is 1. The number of ether oxygens (including phenoxy) is 1. The Kier molecular flexibility index (Phi) is 3.28. The molecular formula is C9H12N2O3. The molecule has 1 unspecified atom stereocenters. The maximum Gasteiger partial charge on any atom is 0.353 e. The number of nitrogens with zero attached hydrogens (tertiary/aromatic N) is 1. The molecule has 0 fully saturated rings. The summed E-state index contributed by atoms with van der Waals surface area (Å²) in [5.41, 5.74) is 5.99. The maximum absolute atomic E-state index is 10.5. The third-order valence-electron chi connectivity index (χ3n) is 1.77. The maximum atomic E-state index is 10.5. The Morgan fingerprint density at radius 3 is 2.71 bits per heavy atom. The van der Waals surface area contributed by atoms with Crippen LogP contribution in [0.5, 0.6) is 5.75 Å². The highest BCUT2D eigenvalue weighted by molar-refractivity contribution is 5.51. The first-order valence-electron chi connectivity index (χ1n) is 4.29. The van der Waals surface area contributed by atoms with E-state index >= 15 is 0 Å². The van der Waals surface area contributed by atoms with E-state index in [2.05, 4.69) is 0 Å². The van der Waals surface area contributed by atoms with Crippen molar-refractivity contribution in [3.8, 4) is 5.75 Å². The molecule has 76 valence electrons. The highest BCUT2D eigenvalue weighted by Crippen LogP contribution is 2.21. The predicted molar refractivity (Wildman–Crippen MR) is 52.6 cm³/mol. The largest absolute Gasteiger partial charge is 0.428 e. The molecular weight excluding hydrogens is 184 g/mol. The first-order chi connectivity index (χ1) is 6.65. The number of benzene rings is 1. The molecule has 0 heterocycles. The van der Waals surface area contributed by atoms with Crippen LogP contribution in [0, 0.1) is 10.1 Å². The van der Waals surface area contributed by atoms with Crippen molar-refractivity contribution in [3.63, 3.8) is 0 Å². The number of nitrogens with two attached hydrogens (primary N) is 1. The lowest BCUT2D eigenvalue weighted by Crippen LogP contribution is -2.25. The molecule has 1 aromatic rings. The minimum absolute atomic E-state index is 0.307. The van der Waals surface area contributed by atoms with Gasteiger partial charge in [-0.25, -0.2) is 0 Å². The zero-order valence-corrected chi connectivity index (χ0v) is 7.84. The molecule has 5 heteroatoms. The quantitative estimate of drug-likeness (QED) is 0.344. The topological polar surface area (TPSA) is 78.4 Å². The Balaban J connectivity index is 2.77. The van der Waals surface area contributed by atoms with Crippen LogP contribution in [0.15, 0.2) is 24.3 Å². The van der Waals surface area contributed by atoms with Crippen LogP contribution in [0.4, 0.5) is 5.69 Å². The van der Waals surface area contributed by atoms with Crippen molar-refractivity contribution in [1.29, 1.82) is 0 Å². The number of nitro groups is 1. The van der Waals surface area contributed by atoms with E-state index in [0.717, 1.165) is 0 Å². The van der Waals surface area contributed by atoms with Gasteiger partial charge in [-0.15, -0.1) is 0 Å². The molecule has 0 saturated heterocycles. The second-order valence-electron chi connectivity index (χ2n) is 2.80. The van der Waals surface area contributed by atoms with Gasteiger partial charge in [0, 0.05) is 0 Å². The molecule has 0 aromatic heterocycles. The fourth-order valence-corrected chi connectivity index (χ4v) is 1.01. The monoisotopic (exact) mass is 196 g/mol. The Bertz CT molecular complexity index is 328.